The Morgan fingerprint density at radius 3 is 3.05 bits per heavy atom. The van der Waals surface area contributed by atoms with E-state index in [2.05, 4.69) is 0 Å². The Labute approximate surface area is 124 Å². The Morgan fingerprint density at radius 2 is 2.20 bits per heavy atom. The second-order valence-electron chi connectivity index (χ2n) is 5.90. The number of nitrogens with zero attached hydrogens (tertiary/aromatic N) is 1. The van der Waals surface area contributed by atoms with Gasteiger partial charge in [0.15, 0.2) is 0 Å². The van der Waals surface area contributed by atoms with Crippen LogP contribution in [0.25, 0.3) is 0 Å². The minimum atomic E-state index is -0.384. The van der Waals surface area contributed by atoms with E-state index in [9.17, 15) is 4.39 Å². The molecule has 1 heterocycles. The Bertz CT molecular complexity index is 543. The molecule has 1 aliphatic heterocycles. The van der Waals surface area contributed by atoms with E-state index >= 15 is 0 Å². The van der Waals surface area contributed by atoms with Crippen LogP contribution in [-0.4, -0.2) is 10.8 Å². The molecule has 1 saturated carbocycles. The summed E-state index contributed by atoms with van der Waals surface area (Å²) in [5.74, 6) is 1.31. The number of nitrogen functional groups attached to an aromatic ring is 1. The summed E-state index contributed by atoms with van der Waals surface area (Å²) < 4.78 is 14.4. The van der Waals surface area contributed by atoms with Gasteiger partial charge in [-0.2, -0.15) is 0 Å². The second kappa shape index (κ2) is 5.40. The molecule has 108 valence electrons. The van der Waals surface area contributed by atoms with E-state index in [4.69, 9.17) is 10.7 Å². The first-order chi connectivity index (χ1) is 9.62. The zero-order chi connectivity index (χ0) is 14.2. The Kier molecular flexibility index (Phi) is 3.76. The van der Waals surface area contributed by atoms with Gasteiger partial charge in [0, 0.05) is 17.0 Å². The van der Waals surface area contributed by atoms with Gasteiger partial charge in [0.2, 0.25) is 0 Å². The van der Waals surface area contributed by atoms with Gasteiger partial charge in [-0.15, -0.1) is 11.8 Å². The summed E-state index contributed by atoms with van der Waals surface area (Å²) >= 11 is 1.81. The Balaban J connectivity index is 2.16. The minimum Gasteiger partial charge on any atom is -0.399 e. The summed E-state index contributed by atoms with van der Waals surface area (Å²) in [5, 5.41) is 1.07. The van der Waals surface area contributed by atoms with Crippen molar-refractivity contribution < 1.29 is 4.39 Å². The molecule has 1 aromatic rings. The molecular formula is C16H21FN2S. The summed E-state index contributed by atoms with van der Waals surface area (Å²) in [5.41, 5.74) is 6.86. The monoisotopic (exact) mass is 292 g/mol. The molecule has 0 spiro atoms. The molecular weight excluding hydrogens is 271 g/mol. The fraction of sp³-hybridized carbons (Fsp3) is 0.562. The van der Waals surface area contributed by atoms with Gasteiger partial charge in [-0.3, -0.25) is 4.99 Å². The molecule has 20 heavy (non-hydrogen) atoms. The maximum Gasteiger partial charge on any atom is 0.129 e. The number of fused-ring (bicyclic) bond motifs is 1. The summed E-state index contributed by atoms with van der Waals surface area (Å²) in [6.07, 6.45) is 5.65. The van der Waals surface area contributed by atoms with Crippen LogP contribution in [-0.2, 0) is 5.54 Å². The normalized spacial score (nSPS) is 30.3. The first-order valence-electron chi connectivity index (χ1n) is 7.36. The van der Waals surface area contributed by atoms with Crippen molar-refractivity contribution in [3.63, 3.8) is 0 Å². The van der Waals surface area contributed by atoms with Crippen LogP contribution in [0.5, 0.6) is 0 Å². The van der Waals surface area contributed by atoms with Gasteiger partial charge in [0.05, 0.1) is 10.6 Å². The van der Waals surface area contributed by atoms with Crippen LogP contribution in [0.15, 0.2) is 23.2 Å². The maximum atomic E-state index is 14.4. The van der Waals surface area contributed by atoms with Gasteiger partial charge in [-0.25, -0.2) is 4.39 Å². The quantitative estimate of drug-likeness (QED) is 0.782. The topological polar surface area (TPSA) is 38.4 Å². The van der Waals surface area contributed by atoms with Crippen molar-refractivity contribution in [2.24, 2.45) is 10.9 Å². The van der Waals surface area contributed by atoms with Crippen molar-refractivity contribution in [3.8, 4) is 0 Å². The third kappa shape index (κ3) is 2.34. The second-order valence-corrected chi connectivity index (χ2v) is 7.11. The molecule has 0 saturated heterocycles. The molecule has 0 radical (unpaired) electrons. The fourth-order valence-corrected chi connectivity index (χ4v) is 4.71. The number of hydrogen-bond donors (Lipinski definition) is 1. The zero-order valence-electron chi connectivity index (χ0n) is 11.9. The highest BCUT2D eigenvalue weighted by atomic mass is 32.2. The molecule has 1 fully saturated rings. The predicted molar refractivity (Wildman–Crippen MR) is 84.6 cm³/mol. The number of aliphatic imine (C=N–C) groups is 1. The molecule has 4 heteroatoms. The van der Waals surface area contributed by atoms with Crippen LogP contribution in [0.4, 0.5) is 10.1 Å². The standard InChI is InChI=1S/C16H21FN2S/c1-11-19-16(14-9-13(18)6-7-15(14)17)8-4-2-3-5-12(16)10-20-11/h6-7,9,12H,2-5,8,10,18H2,1H3. The van der Waals surface area contributed by atoms with Gasteiger partial charge in [-0.05, 0) is 43.9 Å². The van der Waals surface area contributed by atoms with Crippen molar-refractivity contribution in [3.05, 3.63) is 29.6 Å². The van der Waals surface area contributed by atoms with Crippen LogP contribution in [0.1, 0.15) is 44.6 Å². The number of nitrogens with two attached hydrogens (primary N) is 1. The molecule has 2 aliphatic rings. The highest BCUT2D eigenvalue weighted by Crippen LogP contribution is 2.49. The third-order valence-corrected chi connectivity index (χ3v) is 5.67. The van der Waals surface area contributed by atoms with Crippen molar-refractivity contribution >= 4 is 22.5 Å². The molecule has 2 unspecified atom stereocenters. The van der Waals surface area contributed by atoms with E-state index in [1.807, 2.05) is 18.7 Å². The third-order valence-electron chi connectivity index (χ3n) is 4.59. The highest BCUT2D eigenvalue weighted by molar-refractivity contribution is 8.13. The molecule has 0 aromatic heterocycles. The van der Waals surface area contributed by atoms with Crippen molar-refractivity contribution in [2.45, 2.75) is 44.6 Å². The smallest absolute Gasteiger partial charge is 0.129 e. The summed E-state index contributed by atoms with van der Waals surface area (Å²) in [6.45, 7) is 2.04. The molecule has 2 nitrogen and oxygen atoms in total. The molecule has 3 rings (SSSR count). The Hall–Kier alpha value is -1.03. The van der Waals surface area contributed by atoms with E-state index in [1.54, 1.807) is 12.1 Å². The van der Waals surface area contributed by atoms with Crippen molar-refractivity contribution in [1.29, 1.82) is 0 Å². The van der Waals surface area contributed by atoms with E-state index < -0.39 is 0 Å². The van der Waals surface area contributed by atoms with Crippen LogP contribution in [0, 0.1) is 11.7 Å². The van der Waals surface area contributed by atoms with Gasteiger partial charge < -0.3 is 5.73 Å². The van der Waals surface area contributed by atoms with Gasteiger partial charge in [0.25, 0.3) is 0 Å². The van der Waals surface area contributed by atoms with E-state index in [0.29, 0.717) is 17.2 Å². The number of benzene rings is 1. The number of hydrogen-bond acceptors (Lipinski definition) is 3. The van der Waals surface area contributed by atoms with Crippen LogP contribution in [0.2, 0.25) is 0 Å². The number of rotatable bonds is 1. The van der Waals surface area contributed by atoms with Crippen LogP contribution >= 0.6 is 11.8 Å². The van der Waals surface area contributed by atoms with E-state index in [1.165, 1.54) is 18.9 Å². The molecule has 0 bridgehead atoms. The summed E-state index contributed by atoms with van der Waals surface area (Å²) in [6, 6.07) is 4.93. The molecule has 0 amide bonds. The highest BCUT2D eigenvalue weighted by Gasteiger charge is 2.44. The van der Waals surface area contributed by atoms with Crippen LogP contribution in [0.3, 0.4) is 0 Å². The fourth-order valence-electron chi connectivity index (χ4n) is 3.60. The average molecular weight is 292 g/mol. The van der Waals surface area contributed by atoms with Gasteiger partial charge >= 0.3 is 0 Å². The average Bonchev–Trinajstić information content (AvgIpc) is 2.64. The SMILES string of the molecule is CC1=NC2(c3cc(N)ccc3F)CCCCCC2CS1. The predicted octanol–water partition coefficient (Wildman–Crippen LogP) is 4.35. The maximum absolute atomic E-state index is 14.4. The first kappa shape index (κ1) is 13.9. The van der Waals surface area contributed by atoms with Crippen molar-refractivity contribution in [2.75, 3.05) is 11.5 Å². The zero-order valence-corrected chi connectivity index (χ0v) is 12.7. The number of anilines is 1. The van der Waals surface area contributed by atoms with E-state index in [0.717, 1.165) is 30.1 Å². The van der Waals surface area contributed by atoms with Crippen LogP contribution < -0.4 is 5.73 Å². The number of halogens is 1. The Morgan fingerprint density at radius 1 is 1.35 bits per heavy atom. The van der Waals surface area contributed by atoms with E-state index in [-0.39, 0.29) is 11.4 Å². The molecule has 1 aliphatic carbocycles. The summed E-state index contributed by atoms with van der Waals surface area (Å²) in [7, 11) is 0. The first-order valence-corrected chi connectivity index (χ1v) is 8.35. The minimum absolute atomic E-state index is 0.158. The largest absolute Gasteiger partial charge is 0.399 e. The lowest BCUT2D eigenvalue weighted by atomic mass is 9.75. The lowest BCUT2D eigenvalue weighted by Gasteiger charge is -2.40. The molecule has 1 aromatic carbocycles. The summed E-state index contributed by atoms with van der Waals surface area (Å²) in [4.78, 5) is 4.95. The lowest BCUT2D eigenvalue weighted by molar-refractivity contribution is 0.274. The van der Waals surface area contributed by atoms with Gasteiger partial charge in [0.1, 0.15) is 5.82 Å². The lowest BCUT2D eigenvalue weighted by Crippen LogP contribution is -2.38. The molecule has 2 N–H and O–H groups in total. The van der Waals surface area contributed by atoms with Gasteiger partial charge in [-0.1, -0.05) is 19.3 Å². The molecule has 2 atom stereocenters. The van der Waals surface area contributed by atoms with Crippen molar-refractivity contribution in [1.82, 2.24) is 0 Å². The number of thioether (sulfide) groups is 1.